The van der Waals surface area contributed by atoms with Crippen molar-refractivity contribution in [3.8, 4) is 0 Å². The molecule has 8 nitrogen and oxygen atoms in total. The van der Waals surface area contributed by atoms with Crippen LogP contribution in [0.5, 0.6) is 0 Å². The van der Waals surface area contributed by atoms with E-state index in [1.807, 2.05) is 24.3 Å². The summed E-state index contributed by atoms with van der Waals surface area (Å²) in [6.07, 6.45) is 6.30. The number of rotatable bonds is 4. The largest absolute Gasteiger partial charge is 0.344 e. The van der Waals surface area contributed by atoms with Crippen molar-refractivity contribution in [3.05, 3.63) is 81.6 Å². The van der Waals surface area contributed by atoms with Crippen molar-refractivity contribution in [3.63, 3.8) is 0 Å². The highest BCUT2D eigenvalue weighted by molar-refractivity contribution is 6.22. The Bertz CT molecular complexity index is 1720. The highest BCUT2D eigenvalue weighted by Crippen LogP contribution is 2.49. The summed E-state index contributed by atoms with van der Waals surface area (Å²) in [5.74, 6) is -1.05. The molecule has 4 heterocycles. The molecule has 0 fully saturated rings. The van der Waals surface area contributed by atoms with Gasteiger partial charge in [0.05, 0.1) is 27.7 Å². The monoisotopic (exact) mass is 551 g/mol. The summed E-state index contributed by atoms with van der Waals surface area (Å²) in [6.45, 7) is 14.2. The van der Waals surface area contributed by atoms with E-state index in [0.29, 0.717) is 35.3 Å². The van der Waals surface area contributed by atoms with E-state index in [9.17, 15) is 19.2 Å². The molecule has 0 spiro atoms. The standard InChI is InChI=1S/C33H35N4O4/c1-9-36-24-16-20-18(28(38)34(7)30(20)40)14-22(24)32(3,4)26(36)12-11-13-27-33(5,6)23-15-19-21(17-25(23)37(27)10-2)31(41)35(8)29(19)39/h11-17H,9-10H2,1-8H3/q+1. The minimum atomic E-state index is -0.383. The molecule has 4 aliphatic heterocycles. The van der Waals surface area contributed by atoms with Crippen LogP contribution in [-0.2, 0) is 10.8 Å². The number of hydrogen-bond acceptors (Lipinski definition) is 5. The number of carbonyl (C=O) groups is 4. The molecule has 2 aromatic carbocycles. The zero-order chi connectivity index (χ0) is 29.8. The van der Waals surface area contributed by atoms with Gasteiger partial charge in [0.1, 0.15) is 6.54 Å². The van der Waals surface area contributed by atoms with Gasteiger partial charge in [0.15, 0.2) is 5.71 Å². The second-order valence-corrected chi connectivity index (χ2v) is 12.2. The minimum absolute atomic E-state index is 0.260. The molecule has 0 unspecified atom stereocenters. The molecule has 4 amide bonds. The van der Waals surface area contributed by atoms with Crippen LogP contribution in [0.3, 0.4) is 0 Å². The third-order valence-corrected chi connectivity index (χ3v) is 9.34. The molecular weight excluding hydrogens is 516 g/mol. The van der Waals surface area contributed by atoms with Crippen molar-refractivity contribution < 1.29 is 23.8 Å². The summed E-state index contributed by atoms with van der Waals surface area (Å²) in [4.78, 5) is 55.4. The van der Waals surface area contributed by atoms with Gasteiger partial charge in [0.2, 0.25) is 5.69 Å². The van der Waals surface area contributed by atoms with Gasteiger partial charge in [-0.1, -0.05) is 19.9 Å². The van der Waals surface area contributed by atoms with Gasteiger partial charge in [-0.05, 0) is 57.5 Å². The number of nitrogens with zero attached hydrogens (tertiary/aromatic N) is 4. The highest BCUT2D eigenvalue weighted by Gasteiger charge is 2.47. The van der Waals surface area contributed by atoms with E-state index in [4.69, 9.17) is 0 Å². The molecule has 6 rings (SSSR count). The van der Waals surface area contributed by atoms with Crippen molar-refractivity contribution >= 4 is 40.7 Å². The Hall–Kier alpha value is -4.33. The highest BCUT2D eigenvalue weighted by atomic mass is 16.2. The average molecular weight is 552 g/mol. The predicted octanol–water partition coefficient (Wildman–Crippen LogP) is 4.79. The number of fused-ring (bicyclic) bond motifs is 4. The molecule has 41 heavy (non-hydrogen) atoms. The Labute approximate surface area is 240 Å². The predicted molar refractivity (Wildman–Crippen MR) is 157 cm³/mol. The van der Waals surface area contributed by atoms with Crippen LogP contribution in [0.25, 0.3) is 0 Å². The first-order valence-electron chi connectivity index (χ1n) is 14.1. The quantitative estimate of drug-likeness (QED) is 0.403. The maximum atomic E-state index is 12.7. The van der Waals surface area contributed by atoms with Crippen molar-refractivity contribution in [1.29, 1.82) is 0 Å². The van der Waals surface area contributed by atoms with Crippen LogP contribution in [0.4, 0.5) is 11.4 Å². The van der Waals surface area contributed by atoms with E-state index in [0.717, 1.165) is 33.9 Å². The summed E-state index contributed by atoms with van der Waals surface area (Å²) in [7, 11) is 3.05. The Morgan fingerprint density at radius 1 is 0.732 bits per heavy atom. The molecule has 0 bridgehead atoms. The van der Waals surface area contributed by atoms with Gasteiger partial charge < -0.3 is 4.90 Å². The lowest BCUT2D eigenvalue weighted by molar-refractivity contribution is -0.433. The van der Waals surface area contributed by atoms with E-state index in [1.54, 1.807) is 0 Å². The first-order valence-corrected chi connectivity index (χ1v) is 14.1. The number of allylic oxidation sites excluding steroid dienone is 4. The summed E-state index contributed by atoms with van der Waals surface area (Å²) >= 11 is 0. The number of carbonyl (C=O) groups excluding carboxylic acids is 4. The number of likely N-dealkylation sites (N-methyl/N-ethyl adjacent to an activating group) is 1. The Morgan fingerprint density at radius 2 is 1.24 bits per heavy atom. The van der Waals surface area contributed by atoms with Crippen LogP contribution in [0.1, 0.15) is 94.1 Å². The van der Waals surface area contributed by atoms with Crippen LogP contribution in [0.15, 0.2) is 48.2 Å². The number of anilines is 1. The summed E-state index contributed by atoms with van der Waals surface area (Å²) < 4.78 is 2.21. The Morgan fingerprint density at radius 3 is 1.78 bits per heavy atom. The summed E-state index contributed by atoms with van der Waals surface area (Å²) in [6, 6.07) is 7.53. The fourth-order valence-corrected chi connectivity index (χ4v) is 6.96. The minimum Gasteiger partial charge on any atom is -0.344 e. The molecule has 0 atom stereocenters. The fourth-order valence-electron chi connectivity index (χ4n) is 6.96. The first-order chi connectivity index (χ1) is 19.3. The second-order valence-electron chi connectivity index (χ2n) is 12.2. The van der Waals surface area contributed by atoms with Crippen molar-refractivity contribution in [2.45, 2.75) is 52.4 Å². The van der Waals surface area contributed by atoms with Gasteiger partial charge >= 0.3 is 0 Å². The van der Waals surface area contributed by atoms with E-state index in [2.05, 4.69) is 69.2 Å². The summed E-state index contributed by atoms with van der Waals surface area (Å²) in [5, 5.41) is 0. The molecule has 0 saturated carbocycles. The lowest BCUT2D eigenvalue weighted by Crippen LogP contribution is -2.28. The van der Waals surface area contributed by atoms with E-state index >= 15 is 0 Å². The SMILES string of the molecule is CCN1/C(=C/C=C/C2=[N+](CC)c3cc4c(cc3C2(C)C)C(=O)N(C)C4=O)C(C)(C)c2cc3c(cc21)C(=O)N(C)C3=O. The smallest absolute Gasteiger partial charge is 0.261 e. The van der Waals surface area contributed by atoms with Gasteiger partial charge in [-0.3, -0.25) is 29.0 Å². The number of amides is 4. The number of hydrogen-bond donors (Lipinski definition) is 0. The number of imide groups is 2. The van der Waals surface area contributed by atoms with Gasteiger partial charge in [0.25, 0.3) is 23.6 Å². The van der Waals surface area contributed by atoms with Crippen molar-refractivity contribution in [2.75, 3.05) is 32.1 Å². The lowest BCUT2D eigenvalue weighted by Gasteiger charge is -2.26. The molecule has 2 aromatic rings. The van der Waals surface area contributed by atoms with Gasteiger partial charge in [-0.2, -0.15) is 4.58 Å². The lowest BCUT2D eigenvalue weighted by atomic mass is 9.80. The van der Waals surface area contributed by atoms with Crippen LogP contribution in [-0.4, -0.2) is 70.9 Å². The van der Waals surface area contributed by atoms with E-state index < -0.39 is 0 Å². The van der Waals surface area contributed by atoms with Crippen LogP contribution in [0.2, 0.25) is 0 Å². The van der Waals surface area contributed by atoms with Gasteiger partial charge in [0, 0.05) is 55.1 Å². The molecule has 0 aliphatic carbocycles. The third kappa shape index (κ3) is 3.36. The second kappa shape index (κ2) is 8.59. The van der Waals surface area contributed by atoms with Crippen LogP contribution >= 0.6 is 0 Å². The molecule has 0 aromatic heterocycles. The van der Waals surface area contributed by atoms with Crippen molar-refractivity contribution in [2.24, 2.45) is 0 Å². The summed E-state index contributed by atoms with van der Waals surface area (Å²) in [5.41, 5.74) is 7.20. The Kier molecular flexibility index (Phi) is 5.63. The molecule has 8 heteroatoms. The maximum absolute atomic E-state index is 12.7. The van der Waals surface area contributed by atoms with Crippen molar-refractivity contribution in [1.82, 2.24) is 9.80 Å². The normalized spacial score (nSPS) is 21.2. The van der Waals surface area contributed by atoms with Gasteiger partial charge in [-0.25, -0.2) is 0 Å². The molecular formula is C33H35N4O4+. The average Bonchev–Trinajstić information content (AvgIpc) is 3.47. The topological polar surface area (TPSA) is 81.0 Å². The molecule has 0 saturated heterocycles. The van der Waals surface area contributed by atoms with Crippen LogP contribution < -0.4 is 4.90 Å². The van der Waals surface area contributed by atoms with E-state index in [-0.39, 0.29) is 34.5 Å². The molecule has 4 aliphatic rings. The van der Waals surface area contributed by atoms with E-state index in [1.165, 1.54) is 23.9 Å². The van der Waals surface area contributed by atoms with Gasteiger partial charge in [-0.15, -0.1) is 0 Å². The molecule has 0 radical (unpaired) electrons. The zero-order valence-corrected chi connectivity index (χ0v) is 24.9. The molecule has 0 N–H and O–H groups in total. The zero-order valence-electron chi connectivity index (χ0n) is 24.9. The Balaban J connectivity index is 1.41. The molecule has 210 valence electrons. The fraction of sp³-hybridized carbons (Fsp3) is 0.364. The number of benzene rings is 2. The maximum Gasteiger partial charge on any atom is 0.261 e. The first kappa shape index (κ1) is 26.9. The van der Waals surface area contributed by atoms with Crippen LogP contribution in [0, 0.1) is 0 Å². The third-order valence-electron chi connectivity index (χ3n) is 9.34.